The third kappa shape index (κ3) is 2.86. The minimum atomic E-state index is -3.91. The molecule has 0 spiro atoms. The number of fused-ring (bicyclic) bond motifs is 1. The van der Waals surface area contributed by atoms with Crippen LogP contribution in [0.2, 0.25) is 0 Å². The summed E-state index contributed by atoms with van der Waals surface area (Å²) >= 11 is 0. The maximum atomic E-state index is 12.5. The zero-order valence-electron chi connectivity index (χ0n) is 13.3. The van der Waals surface area contributed by atoms with E-state index in [1.165, 1.54) is 14.0 Å². The van der Waals surface area contributed by atoms with Crippen molar-refractivity contribution in [2.24, 2.45) is 7.05 Å². The number of benzene rings is 1. The molecule has 9 heteroatoms. The lowest BCUT2D eigenvalue weighted by atomic mass is 10.0. The Morgan fingerprint density at radius 2 is 2.17 bits per heavy atom. The minimum Gasteiger partial charge on any atom is -0.493 e. The Hall–Kier alpha value is -2.42. The van der Waals surface area contributed by atoms with Crippen molar-refractivity contribution in [3.05, 3.63) is 36.2 Å². The molecule has 0 fully saturated rings. The van der Waals surface area contributed by atoms with E-state index >= 15 is 0 Å². The summed E-state index contributed by atoms with van der Waals surface area (Å²) in [5.74, 6) is 0.137. The van der Waals surface area contributed by atoms with Crippen LogP contribution < -0.4 is 10.1 Å². The molecule has 2 unspecified atom stereocenters. The van der Waals surface area contributed by atoms with Crippen LogP contribution in [-0.4, -0.2) is 40.9 Å². The van der Waals surface area contributed by atoms with Gasteiger partial charge in [-0.25, -0.2) is 18.1 Å². The van der Waals surface area contributed by atoms with Gasteiger partial charge in [-0.15, -0.1) is 0 Å². The number of carbonyl (C=O) groups is 1. The van der Waals surface area contributed by atoms with E-state index in [0.29, 0.717) is 18.8 Å². The molecule has 1 aliphatic heterocycles. The summed E-state index contributed by atoms with van der Waals surface area (Å²) in [6, 6.07) is 7.12. The zero-order chi connectivity index (χ0) is 17.3. The first-order valence-electron chi connectivity index (χ1n) is 7.51. The molecule has 3 rings (SSSR count). The first-order chi connectivity index (χ1) is 11.4. The third-order valence-corrected chi connectivity index (χ3v) is 6.06. The van der Waals surface area contributed by atoms with Crippen LogP contribution in [0.5, 0.6) is 5.75 Å². The smallest absolute Gasteiger partial charge is 0.246 e. The fourth-order valence-electron chi connectivity index (χ4n) is 2.62. The Labute approximate surface area is 139 Å². The quantitative estimate of drug-likeness (QED) is 0.867. The maximum Gasteiger partial charge on any atom is 0.246 e. The fraction of sp³-hybridized carbons (Fsp3) is 0.400. The second-order valence-corrected chi connectivity index (χ2v) is 7.75. The average Bonchev–Trinajstić information content (AvgIpc) is 3.01. The number of hydrogen-bond donors (Lipinski definition) is 1. The first kappa shape index (κ1) is 16.4. The lowest BCUT2D eigenvalue weighted by Crippen LogP contribution is -2.41. The summed E-state index contributed by atoms with van der Waals surface area (Å²) in [7, 11) is -2.44. The molecule has 0 saturated heterocycles. The van der Waals surface area contributed by atoms with Crippen molar-refractivity contribution in [3.63, 3.8) is 0 Å². The number of nitrogens with one attached hydrogen (secondary N) is 1. The largest absolute Gasteiger partial charge is 0.493 e. The highest BCUT2D eigenvalue weighted by atomic mass is 32.2. The Bertz CT molecular complexity index is 862. The lowest BCUT2D eigenvalue weighted by Gasteiger charge is -2.27. The Morgan fingerprint density at radius 1 is 1.42 bits per heavy atom. The molecule has 2 aromatic rings. The Balaban J connectivity index is 1.80. The van der Waals surface area contributed by atoms with Crippen molar-refractivity contribution < 1.29 is 17.9 Å². The van der Waals surface area contributed by atoms with E-state index in [0.717, 1.165) is 16.6 Å². The number of aryl methyl sites for hydroxylation is 1. The number of aromatic nitrogens is 3. The predicted molar refractivity (Wildman–Crippen MR) is 85.1 cm³/mol. The van der Waals surface area contributed by atoms with Crippen molar-refractivity contribution in [3.8, 4) is 5.75 Å². The summed E-state index contributed by atoms with van der Waals surface area (Å²) in [4.78, 5) is 16.2. The molecule has 128 valence electrons. The average molecular weight is 350 g/mol. The van der Waals surface area contributed by atoms with E-state index in [1.54, 1.807) is 0 Å². The van der Waals surface area contributed by atoms with Crippen LogP contribution in [0.4, 0.5) is 0 Å². The van der Waals surface area contributed by atoms with Crippen molar-refractivity contribution in [2.75, 3.05) is 6.61 Å². The second kappa shape index (κ2) is 6.23. The summed E-state index contributed by atoms with van der Waals surface area (Å²) in [6.07, 6.45) is 1.73. The highest BCUT2D eigenvalue weighted by Crippen LogP contribution is 2.31. The van der Waals surface area contributed by atoms with E-state index in [2.05, 4.69) is 15.4 Å². The predicted octanol–water partition coefficient (Wildman–Crippen LogP) is 0.617. The number of sulfone groups is 1. The molecule has 0 radical (unpaired) electrons. The van der Waals surface area contributed by atoms with Crippen LogP contribution in [0.15, 0.2) is 35.7 Å². The molecule has 1 aromatic carbocycles. The van der Waals surface area contributed by atoms with Crippen LogP contribution in [0.3, 0.4) is 0 Å². The highest BCUT2D eigenvalue weighted by molar-refractivity contribution is 7.92. The lowest BCUT2D eigenvalue weighted by molar-refractivity contribution is -0.121. The Kier molecular flexibility index (Phi) is 4.27. The van der Waals surface area contributed by atoms with E-state index < -0.39 is 21.0 Å². The first-order valence-corrected chi connectivity index (χ1v) is 9.06. The maximum absolute atomic E-state index is 12.5. The molecule has 0 saturated carbocycles. The standard InChI is InChI=1S/C15H18N4O4S/c1-10(24(21,22)15-16-9-17-19(15)2)14(20)18-12-7-8-23-13-6-4-3-5-11(12)13/h3-6,9-10,12H,7-8H2,1-2H3,(H,18,20). The van der Waals surface area contributed by atoms with Gasteiger partial charge in [0.1, 0.15) is 17.3 Å². The van der Waals surface area contributed by atoms with Gasteiger partial charge in [0, 0.05) is 19.0 Å². The van der Waals surface area contributed by atoms with Crippen LogP contribution >= 0.6 is 0 Å². The fourth-order valence-corrected chi connectivity index (χ4v) is 3.90. The van der Waals surface area contributed by atoms with Gasteiger partial charge in [0.25, 0.3) is 0 Å². The molecule has 2 heterocycles. The Morgan fingerprint density at radius 3 is 2.88 bits per heavy atom. The van der Waals surface area contributed by atoms with Gasteiger partial charge >= 0.3 is 0 Å². The normalized spacial score (nSPS) is 18.3. The van der Waals surface area contributed by atoms with Gasteiger partial charge in [-0.1, -0.05) is 18.2 Å². The SMILES string of the molecule is CC(C(=O)NC1CCOc2ccccc21)S(=O)(=O)c1ncnn1C. The van der Waals surface area contributed by atoms with E-state index in [9.17, 15) is 13.2 Å². The van der Waals surface area contributed by atoms with E-state index in [-0.39, 0.29) is 11.2 Å². The topological polar surface area (TPSA) is 103 Å². The van der Waals surface area contributed by atoms with E-state index in [1.807, 2.05) is 24.3 Å². The molecular weight excluding hydrogens is 332 g/mol. The zero-order valence-corrected chi connectivity index (χ0v) is 14.2. The van der Waals surface area contributed by atoms with Gasteiger partial charge in [-0.2, -0.15) is 5.10 Å². The van der Waals surface area contributed by atoms with E-state index in [4.69, 9.17) is 4.74 Å². The van der Waals surface area contributed by atoms with Crippen molar-refractivity contribution >= 4 is 15.7 Å². The van der Waals surface area contributed by atoms with Crippen LogP contribution in [0, 0.1) is 0 Å². The molecule has 1 N–H and O–H groups in total. The minimum absolute atomic E-state index is 0.225. The third-order valence-electron chi connectivity index (χ3n) is 4.03. The van der Waals surface area contributed by atoms with Crippen LogP contribution in [-0.2, 0) is 21.7 Å². The molecule has 24 heavy (non-hydrogen) atoms. The van der Waals surface area contributed by atoms with Gasteiger partial charge in [0.2, 0.25) is 20.9 Å². The molecule has 1 aliphatic rings. The number of carbonyl (C=O) groups excluding carboxylic acids is 1. The van der Waals surface area contributed by atoms with Gasteiger partial charge in [-0.3, -0.25) is 4.79 Å². The van der Waals surface area contributed by atoms with Crippen LogP contribution in [0.1, 0.15) is 24.9 Å². The molecule has 0 bridgehead atoms. The number of para-hydroxylation sites is 1. The van der Waals surface area contributed by atoms with Crippen molar-refractivity contribution in [2.45, 2.75) is 29.8 Å². The number of amides is 1. The van der Waals surface area contributed by atoms with Crippen molar-refractivity contribution in [1.29, 1.82) is 0 Å². The van der Waals surface area contributed by atoms with Crippen LogP contribution in [0.25, 0.3) is 0 Å². The molecule has 2 atom stereocenters. The molecule has 8 nitrogen and oxygen atoms in total. The summed E-state index contributed by atoms with van der Waals surface area (Å²) in [6.45, 7) is 1.82. The molecule has 1 aromatic heterocycles. The number of rotatable bonds is 4. The van der Waals surface area contributed by atoms with Gasteiger partial charge < -0.3 is 10.1 Å². The summed E-state index contributed by atoms with van der Waals surface area (Å²) < 4.78 is 31.8. The number of ether oxygens (including phenoxy) is 1. The monoisotopic (exact) mass is 350 g/mol. The molecule has 0 aliphatic carbocycles. The second-order valence-electron chi connectivity index (χ2n) is 5.59. The van der Waals surface area contributed by atoms with Gasteiger partial charge in [-0.05, 0) is 13.0 Å². The summed E-state index contributed by atoms with van der Waals surface area (Å²) in [5.41, 5.74) is 0.848. The van der Waals surface area contributed by atoms with Gasteiger partial charge in [0.05, 0.1) is 12.6 Å². The molecule has 1 amide bonds. The number of hydrogen-bond acceptors (Lipinski definition) is 6. The van der Waals surface area contributed by atoms with Crippen molar-refractivity contribution in [1.82, 2.24) is 20.1 Å². The summed E-state index contributed by atoms with van der Waals surface area (Å²) in [5, 5.41) is 5.06. The van der Waals surface area contributed by atoms with Gasteiger partial charge in [0.15, 0.2) is 0 Å². The molecular formula is C15H18N4O4S. The highest BCUT2D eigenvalue weighted by Gasteiger charge is 2.35. The number of nitrogens with zero attached hydrogens (tertiary/aromatic N) is 3.